The van der Waals surface area contributed by atoms with Crippen molar-refractivity contribution >= 4 is 11.8 Å². The van der Waals surface area contributed by atoms with Gasteiger partial charge in [-0.05, 0) is 30.2 Å². The number of hydrogen-bond donors (Lipinski definition) is 1. The highest BCUT2D eigenvalue weighted by Gasteiger charge is 2.30. The number of amides is 2. The third kappa shape index (κ3) is 6.84. The molecule has 0 saturated heterocycles. The maximum absolute atomic E-state index is 13.4. The van der Waals surface area contributed by atoms with E-state index >= 15 is 0 Å². The highest BCUT2D eigenvalue weighted by molar-refractivity contribution is 5.88. The molecule has 0 bridgehead atoms. The van der Waals surface area contributed by atoms with Crippen molar-refractivity contribution in [2.75, 3.05) is 20.3 Å². The van der Waals surface area contributed by atoms with Gasteiger partial charge in [0.05, 0.1) is 7.11 Å². The average molecular weight is 447 g/mol. The van der Waals surface area contributed by atoms with Gasteiger partial charge in [-0.1, -0.05) is 72.8 Å². The van der Waals surface area contributed by atoms with Gasteiger partial charge in [0.15, 0.2) is 18.1 Å². The van der Waals surface area contributed by atoms with E-state index in [9.17, 15) is 9.59 Å². The molecule has 1 atom stereocenters. The van der Waals surface area contributed by atoms with Crippen LogP contribution in [0.1, 0.15) is 18.1 Å². The summed E-state index contributed by atoms with van der Waals surface area (Å²) in [6, 6.07) is 25.8. The van der Waals surface area contributed by atoms with Gasteiger partial charge in [-0.15, -0.1) is 0 Å². The molecule has 0 spiro atoms. The van der Waals surface area contributed by atoms with Crippen LogP contribution in [-0.2, 0) is 22.6 Å². The largest absolute Gasteiger partial charge is 0.493 e. The maximum atomic E-state index is 13.4. The van der Waals surface area contributed by atoms with Crippen LogP contribution in [0.4, 0.5) is 0 Å². The second-order valence-corrected chi connectivity index (χ2v) is 7.55. The number of para-hydroxylation sites is 2. The molecule has 3 aromatic carbocycles. The van der Waals surface area contributed by atoms with Crippen molar-refractivity contribution in [3.05, 3.63) is 96.1 Å². The molecule has 1 N–H and O–H groups in total. The van der Waals surface area contributed by atoms with Crippen LogP contribution < -0.4 is 14.8 Å². The van der Waals surface area contributed by atoms with Crippen LogP contribution in [0, 0.1) is 0 Å². The van der Waals surface area contributed by atoms with Crippen molar-refractivity contribution in [3.63, 3.8) is 0 Å². The number of carbonyl (C=O) groups is 2. The fourth-order valence-corrected chi connectivity index (χ4v) is 3.59. The number of benzene rings is 3. The number of carbonyl (C=O) groups excluding carboxylic acids is 2. The number of ether oxygens (including phenoxy) is 2. The standard InChI is InChI=1S/C27H30N2O4/c1-3-28-27(31)23(18-21-12-6-4-7-13-21)29(19-22-14-8-5-9-15-22)26(30)20-33-25-17-11-10-16-24(25)32-2/h4-17,23H,3,18-20H2,1-2H3,(H,28,31)/t23-/m0/s1. The first-order valence-electron chi connectivity index (χ1n) is 11.0. The van der Waals surface area contributed by atoms with Crippen molar-refractivity contribution in [1.82, 2.24) is 10.2 Å². The maximum Gasteiger partial charge on any atom is 0.261 e. The lowest BCUT2D eigenvalue weighted by Gasteiger charge is -2.31. The predicted octanol–water partition coefficient (Wildman–Crippen LogP) is 3.85. The molecule has 3 aromatic rings. The molecule has 0 aliphatic carbocycles. The van der Waals surface area contributed by atoms with Gasteiger partial charge in [0.25, 0.3) is 5.91 Å². The van der Waals surface area contributed by atoms with E-state index in [1.807, 2.05) is 79.7 Å². The van der Waals surface area contributed by atoms with Crippen molar-refractivity contribution in [3.8, 4) is 11.5 Å². The molecule has 0 saturated carbocycles. The minimum Gasteiger partial charge on any atom is -0.493 e. The molecule has 172 valence electrons. The smallest absolute Gasteiger partial charge is 0.261 e. The molecule has 33 heavy (non-hydrogen) atoms. The lowest BCUT2D eigenvalue weighted by atomic mass is 10.0. The molecule has 6 nitrogen and oxygen atoms in total. The second-order valence-electron chi connectivity index (χ2n) is 7.55. The summed E-state index contributed by atoms with van der Waals surface area (Å²) in [6.45, 7) is 2.43. The summed E-state index contributed by atoms with van der Waals surface area (Å²) in [6.07, 6.45) is 0.403. The highest BCUT2D eigenvalue weighted by atomic mass is 16.5. The van der Waals surface area contributed by atoms with Gasteiger partial charge >= 0.3 is 0 Å². The average Bonchev–Trinajstić information content (AvgIpc) is 2.86. The molecule has 0 aliphatic heterocycles. The molecular formula is C27H30N2O4. The molecule has 2 amide bonds. The summed E-state index contributed by atoms with van der Waals surface area (Å²) >= 11 is 0. The molecule has 0 heterocycles. The molecule has 0 aliphatic rings. The first-order chi connectivity index (χ1) is 16.1. The Bertz CT molecular complexity index is 1020. The second kappa shape index (κ2) is 12.3. The van der Waals surface area contributed by atoms with Gasteiger partial charge in [-0.2, -0.15) is 0 Å². The Labute approximate surface area is 195 Å². The van der Waals surface area contributed by atoms with Crippen LogP contribution >= 0.6 is 0 Å². The SMILES string of the molecule is CCNC(=O)[C@H](Cc1ccccc1)N(Cc1ccccc1)C(=O)COc1ccccc1OC. The van der Waals surface area contributed by atoms with E-state index in [2.05, 4.69) is 5.32 Å². The summed E-state index contributed by atoms with van der Waals surface area (Å²) in [5, 5.41) is 2.89. The molecule has 0 unspecified atom stereocenters. The Morgan fingerprint density at radius 1 is 0.848 bits per heavy atom. The van der Waals surface area contributed by atoms with E-state index < -0.39 is 6.04 Å². The fourth-order valence-electron chi connectivity index (χ4n) is 3.59. The monoisotopic (exact) mass is 446 g/mol. The molecule has 0 radical (unpaired) electrons. The van der Waals surface area contributed by atoms with Crippen molar-refractivity contribution < 1.29 is 19.1 Å². The summed E-state index contributed by atoms with van der Waals surface area (Å²) < 4.78 is 11.1. The zero-order valence-electron chi connectivity index (χ0n) is 19.1. The minimum atomic E-state index is -0.679. The van der Waals surface area contributed by atoms with Crippen LogP contribution in [0.5, 0.6) is 11.5 Å². The van der Waals surface area contributed by atoms with E-state index in [0.29, 0.717) is 31.0 Å². The quantitative estimate of drug-likeness (QED) is 0.486. The van der Waals surface area contributed by atoms with E-state index in [4.69, 9.17) is 9.47 Å². The lowest BCUT2D eigenvalue weighted by Crippen LogP contribution is -2.51. The van der Waals surface area contributed by atoms with Crippen molar-refractivity contribution in [1.29, 1.82) is 0 Å². The zero-order chi connectivity index (χ0) is 23.5. The van der Waals surface area contributed by atoms with Crippen molar-refractivity contribution in [2.45, 2.75) is 25.9 Å². The zero-order valence-corrected chi connectivity index (χ0v) is 19.1. The van der Waals surface area contributed by atoms with E-state index in [0.717, 1.165) is 11.1 Å². The number of nitrogens with one attached hydrogen (secondary N) is 1. The van der Waals surface area contributed by atoms with Gasteiger partial charge in [0.2, 0.25) is 5.91 Å². The molecule has 3 rings (SSSR count). The number of rotatable bonds is 11. The number of likely N-dealkylation sites (N-methyl/N-ethyl adjacent to an activating group) is 1. The van der Waals surface area contributed by atoms with E-state index in [-0.39, 0.29) is 18.4 Å². The summed E-state index contributed by atoms with van der Waals surface area (Å²) in [5.74, 6) is 0.551. The lowest BCUT2D eigenvalue weighted by molar-refractivity contribution is -0.142. The van der Waals surface area contributed by atoms with Crippen molar-refractivity contribution in [2.24, 2.45) is 0 Å². The summed E-state index contributed by atoms with van der Waals surface area (Å²) in [5.41, 5.74) is 1.91. The first kappa shape index (κ1) is 23.9. The minimum absolute atomic E-state index is 0.192. The van der Waals surface area contributed by atoms with E-state index in [1.54, 1.807) is 24.1 Å². The Morgan fingerprint density at radius 3 is 2.03 bits per heavy atom. The van der Waals surface area contributed by atoms with Crippen LogP contribution in [0.3, 0.4) is 0 Å². The van der Waals surface area contributed by atoms with Gasteiger partial charge < -0.3 is 19.7 Å². The topological polar surface area (TPSA) is 67.9 Å². The molecule has 0 fully saturated rings. The first-order valence-corrected chi connectivity index (χ1v) is 11.0. The third-order valence-corrected chi connectivity index (χ3v) is 5.24. The Balaban J connectivity index is 1.87. The van der Waals surface area contributed by atoms with Gasteiger partial charge in [-0.25, -0.2) is 0 Å². The van der Waals surface area contributed by atoms with Crippen LogP contribution in [-0.4, -0.2) is 43.0 Å². The normalized spacial score (nSPS) is 11.3. The van der Waals surface area contributed by atoms with Crippen LogP contribution in [0.15, 0.2) is 84.9 Å². The van der Waals surface area contributed by atoms with Gasteiger partial charge in [0.1, 0.15) is 6.04 Å². The van der Waals surface area contributed by atoms with Crippen LogP contribution in [0.2, 0.25) is 0 Å². The number of hydrogen-bond acceptors (Lipinski definition) is 4. The molecule has 0 aromatic heterocycles. The molecule has 6 heteroatoms. The Kier molecular flexibility index (Phi) is 8.88. The van der Waals surface area contributed by atoms with Gasteiger partial charge in [-0.3, -0.25) is 9.59 Å². The Morgan fingerprint density at radius 2 is 1.42 bits per heavy atom. The number of nitrogens with zero attached hydrogens (tertiary/aromatic N) is 1. The highest BCUT2D eigenvalue weighted by Crippen LogP contribution is 2.26. The fraction of sp³-hybridized carbons (Fsp3) is 0.259. The summed E-state index contributed by atoms with van der Waals surface area (Å²) in [4.78, 5) is 28.1. The van der Waals surface area contributed by atoms with E-state index in [1.165, 1.54) is 0 Å². The summed E-state index contributed by atoms with van der Waals surface area (Å²) in [7, 11) is 1.55. The predicted molar refractivity (Wildman–Crippen MR) is 128 cm³/mol. The Hall–Kier alpha value is -3.80. The van der Waals surface area contributed by atoms with Crippen LogP contribution in [0.25, 0.3) is 0 Å². The third-order valence-electron chi connectivity index (χ3n) is 5.24. The molecular weight excluding hydrogens is 416 g/mol. The number of methoxy groups -OCH3 is 1. The van der Waals surface area contributed by atoms with Gasteiger partial charge in [0, 0.05) is 19.5 Å².